The molecule has 1 aromatic heterocycles. The molecule has 1 aliphatic rings. The number of rotatable bonds is 4. The van der Waals surface area contributed by atoms with E-state index in [1.165, 1.54) is 24.6 Å². The van der Waals surface area contributed by atoms with Crippen LogP contribution in [0.4, 0.5) is 4.39 Å². The lowest BCUT2D eigenvalue weighted by atomic mass is 9.70. The summed E-state index contributed by atoms with van der Waals surface area (Å²) in [5, 5.41) is 3.42. The van der Waals surface area contributed by atoms with Gasteiger partial charge in [0.25, 0.3) is 0 Å². The summed E-state index contributed by atoms with van der Waals surface area (Å²) in [6.45, 7) is 0. The van der Waals surface area contributed by atoms with Gasteiger partial charge in [-0.05, 0) is 37.1 Å². The monoisotopic (exact) mass is 284 g/mol. The molecule has 2 aromatic rings. The maximum absolute atomic E-state index is 13.6. The SMILES string of the molecule is CNC(c1cncc(F)c1)C1(c2ccccc2)CCCC1. The molecule has 0 radical (unpaired) electrons. The summed E-state index contributed by atoms with van der Waals surface area (Å²) in [5.74, 6) is -0.269. The minimum atomic E-state index is -0.269. The summed E-state index contributed by atoms with van der Waals surface area (Å²) < 4.78 is 13.6. The van der Waals surface area contributed by atoms with Gasteiger partial charge in [-0.25, -0.2) is 4.39 Å². The third-order valence-electron chi connectivity index (χ3n) is 4.75. The van der Waals surface area contributed by atoms with Crippen LogP contribution in [0, 0.1) is 5.82 Å². The minimum absolute atomic E-state index is 0.0332. The molecule has 1 fully saturated rings. The number of nitrogens with zero attached hydrogens (tertiary/aromatic N) is 1. The van der Waals surface area contributed by atoms with E-state index in [1.54, 1.807) is 12.3 Å². The molecule has 1 unspecified atom stereocenters. The summed E-state index contributed by atoms with van der Waals surface area (Å²) >= 11 is 0. The molecule has 2 nitrogen and oxygen atoms in total. The van der Waals surface area contributed by atoms with E-state index in [-0.39, 0.29) is 17.3 Å². The van der Waals surface area contributed by atoms with Crippen molar-refractivity contribution >= 4 is 0 Å². The number of nitrogens with one attached hydrogen (secondary N) is 1. The second-order valence-electron chi connectivity index (χ2n) is 5.89. The predicted octanol–water partition coefficient (Wildman–Crippen LogP) is 3.99. The largest absolute Gasteiger partial charge is 0.312 e. The summed E-state index contributed by atoms with van der Waals surface area (Å²) in [6, 6.07) is 12.3. The molecule has 0 bridgehead atoms. The molecule has 1 saturated carbocycles. The summed E-state index contributed by atoms with van der Waals surface area (Å²) in [6.07, 6.45) is 7.73. The molecule has 1 heterocycles. The highest BCUT2D eigenvalue weighted by Crippen LogP contribution is 2.49. The third kappa shape index (κ3) is 2.58. The smallest absolute Gasteiger partial charge is 0.141 e. The molecule has 1 atom stereocenters. The number of pyridine rings is 1. The second kappa shape index (κ2) is 5.94. The maximum Gasteiger partial charge on any atom is 0.141 e. The first-order valence-electron chi connectivity index (χ1n) is 7.59. The van der Waals surface area contributed by atoms with Crippen molar-refractivity contribution in [2.24, 2.45) is 0 Å². The zero-order chi connectivity index (χ0) is 14.7. The minimum Gasteiger partial charge on any atom is -0.312 e. The van der Waals surface area contributed by atoms with Crippen molar-refractivity contribution in [2.75, 3.05) is 7.05 Å². The summed E-state index contributed by atoms with van der Waals surface area (Å²) in [5.41, 5.74) is 2.31. The van der Waals surface area contributed by atoms with E-state index in [1.807, 2.05) is 13.1 Å². The lowest BCUT2D eigenvalue weighted by Crippen LogP contribution is -2.38. The van der Waals surface area contributed by atoms with Crippen LogP contribution >= 0.6 is 0 Å². The number of halogens is 1. The Bertz CT molecular complexity index is 591. The second-order valence-corrected chi connectivity index (χ2v) is 5.89. The molecular formula is C18H21FN2. The number of benzene rings is 1. The Balaban J connectivity index is 2.07. The molecular weight excluding hydrogens is 263 g/mol. The van der Waals surface area contributed by atoms with E-state index in [4.69, 9.17) is 0 Å². The number of likely N-dealkylation sites (N-methyl/N-ethyl adjacent to an activating group) is 1. The average Bonchev–Trinajstić information content (AvgIpc) is 3.00. The van der Waals surface area contributed by atoms with Crippen LogP contribution in [0.2, 0.25) is 0 Å². The van der Waals surface area contributed by atoms with Gasteiger partial charge in [0.1, 0.15) is 5.82 Å². The van der Waals surface area contributed by atoms with Crippen molar-refractivity contribution < 1.29 is 4.39 Å². The van der Waals surface area contributed by atoms with E-state index < -0.39 is 0 Å². The highest BCUT2D eigenvalue weighted by atomic mass is 19.1. The fraction of sp³-hybridized carbons (Fsp3) is 0.389. The first kappa shape index (κ1) is 14.2. The highest BCUT2D eigenvalue weighted by molar-refractivity contribution is 5.33. The van der Waals surface area contributed by atoms with Gasteiger partial charge in [0.2, 0.25) is 0 Å². The Labute approximate surface area is 125 Å². The van der Waals surface area contributed by atoms with Crippen LogP contribution in [0.3, 0.4) is 0 Å². The van der Waals surface area contributed by atoms with Crippen LogP contribution < -0.4 is 5.32 Å². The van der Waals surface area contributed by atoms with Crippen molar-refractivity contribution in [1.29, 1.82) is 0 Å². The number of hydrogen-bond acceptors (Lipinski definition) is 2. The zero-order valence-electron chi connectivity index (χ0n) is 12.3. The first-order chi connectivity index (χ1) is 10.3. The van der Waals surface area contributed by atoms with Crippen LogP contribution in [0.5, 0.6) is 0 Å². The van der Waals surface area contributed by atoms with Gasteiger partial charge >= 0.3 is 0 Å². The summed E-state index contributed by atoms with van der Waals surface area (Å²) in [4.78, 5) is 4.03. The van der Waals surface area contributed by atoms with Crippen molar-refractivity contribution in [3.05, 3.63) is 65.7 Å². The van der Waals surface area contributed by atoms with Crippen molar-refractivity contribution in [1.82, 2.24) is 10.3 Å². The quantitative estimate of drug-likeness (QED) is 0.918. The van der Waals surface area contributed by atoms with Crippen LogP contribution in [0.25, 0.3) is 0 Å². The molecule has 21 heavy (non-hydrogen) atoms. The van der Waals surface area contributed by atoms with Gasteiger partial charge in [-0.1, -0.05) is 43.2 Å². The lowest BCUT2D eigenvalue weighted by Gasteiger charge is -2.38. The first-order valence-corrected chi connectivity index (χ1v) is 7.59. The van der Waals surface area contributed by atoms with Crippen molar-refractivity contribution in [3.8, 4) is 0 Å². The topological polar surface area (TPSA) is 24.9 Å². The fourth-order valence-corrected chi connectivity index (χ4v) is 3.87. The van der Waals surface area contributed by atoms with Gasteiger partial charge in [-0.15, -0.1) is 0 Å². The normalized spacial score (nSPS) is 18.6. The van der Waals surface area contributed by atoms with Gasteiger partial charge in [0, 0.05) is 17.7 Å². The molecule has 0 saturated heterocycles. The molecule has 1 aromatic carbocycles. The van der Waals surface area contributed by atoms with E-state index in [2.05, 4.69) is 34.6 Å². The Kier molecular flexibility index (Phi) is 4.02. The molecule has 1 N–H and O–H groups in total. The van der Waals surface area contributed by atoms with Crippen LogP contribution in [0.1, 0.15) is 42.9 Å². The fourth-order valence-electron chi connectivity index (χ4n) is 3.87. The summed E-state index contributed by atoms with van der Waals surface area (Å²) in [7, 11) is 1.96. The van der Waals surface area contributed by atoms with Gasteiger partial charge in [0.15, 0.2) is 0 Å². The molecule has 0 spiro atoms. The van der Waals surface area contributed by atoms with Crippen LogP contribution in [-0.4, -0.2) is 12.0 Å². The molecule has 110 valence electrons. The number of aromatic nitrogens is 1. The van der Waals surface area contributed by atoms with E-state index in [9.17, 15) is 4.39 Å². The molecule has 3 rings (SSSR count). The average molecular weight is 284 g/mol. The maximum atomic E-state index is 13.6. The van der Waals surface area contributed by atoms with Crippen LogP contribution in [-0.2, 0) is 5.41 Å². The van der Waals surface area contributed by atoms with Crippen molar-refractivity contribution in [3.63, 3.8) is 0 Å². The third-order valence-corrected chi connectivity index (χ3v) is 4.75. The Morgan fingerprint density at radius 2 is 1.86 bits per heavy atom. The highest BCUT2D eigenvalue weighted by Gasteiger charge is 2.42. The molecule has 0 amide bonds. The van der Waals surface area contributed by atoms with Gasteiger partial charge in [0.05, 0.1) is 6.20 Å². The van der Waals surface area contributed by atoms with Gasteiger partial charge in [-0.3, -0.25) is 4.98 Å². The predicted molar refractivity (Wildman–Crippen MR) is 82.6 cm³/mol. The zero-order valence-corrected chi connectivity index (χ0v) is 12.3. The van der Waals surface area contributed by atoms with E-state index in [0.29, 0.717) is 0 Å². The van der Waals surface area contributed by atoms with Crippen molar-refractivity contribution in [2.45, 2.75) is 37.1 Å². The Morgan fingerprint density at radius 3 is 2.48 bits per heavy atom. The van der Waals surface area contributed by atoms with E-state index in [0.717, 1.165) is 18.4 Å². The van der Waals surface area contributed by atoms with E-state index >= 15 is 0 Å². The number of hydrogen-bond donors (Lipinski definition) is 1. The Hall–Kier alpha value is -1.74. The van der Waals surface area contributed by atoms with Gasteiger partial charge < -0.3 is 5.32 Å². The standard InChI is InChI=1S/C18H21FN2/c1-20-17(14-11-16(19)13-21-12-14)18(9-5-6-10-18)15-7-3-2-4-8-15/h2-4,7-8,11-13,17,20H,5-6,9-10H2,1H3. The van der Waals surface area contributed by atoms with Gasteiger partial charge in [-0.2, -0.15) is 0 Å². The molecule has 1 aliphatic carbocycles. The van der Waals surface area contributed by atoms with Crippen LogP contribution in [0.15, 0.2) is 48.8 Å². The molecule has 3 heteroatoms. The lowest BCUT2D eigenvalue weighted by molar-refractivity contribution is 0.314. The molecule has 0 aliphatic heterocycles. The Morgan fingerprint density at radius 1 is 1.14 bits per heavy atom.